The molecule has 0 amide bonds. The smallest absolute Gasteiger partial charge is 0.159 e. The third-order valence-corrected chi connectivity index (χ3v) is 3.67. The molecule has 0 aliphatic heterocycles. The maximum atomic E-state index is 5.91. The minimum Gasteiger partial charge on any atom is -0.497 e. The molecule has 0 radical (unpaired) electrons. The Kier molecular flexibility index (Phi) is 6.15. The molecule has 0 unspecified atom stereocenters. The van der Waals surface area contributed by atoms with Gasteiger partial charge in [0.25, 0.3) is 0 Å². The van der Waals surface area contributed by atoms with E-state index < -0.39 is 0 Å². The molecule has 0 atom stereocenters. The van der Waals surface area contributed by atoms with Crippen molar-refractivity contribution in [3.8, 4) is 11.5 Å². The quantitative estimate of drug-likeness (QED) is 0.501. The fourth-order valence-corrected chi connectivity index (χ4v) is 2.33. The number of ether oxygens (including phenoxy) is 2. The Balaban J connectivity index is 1.78. The highest BCUT2D eigenvalue weighted by atomic mass is 32.2. The molecule has 2 aromatic carbocycles. The molecule has 0 saturated heterocycles. The van der Waals surface area contributed by atoms with Crippen LogP contribution in [0.2, 0.25) is 0 Å². The number of amidine groups is 1. The molecule has 0 fully saturated rings. The normalized spacial score (nSPS) is 11.3. The van der Waals surface area contributed by atoms with Gasteiger partial charge in [0.15, 0.2) is 5.17 Å². The van der Waals surface area contributed by atoms with Crippen LogP contribution in [0.15, 0.2) is 53.5 Å². The molecule has 4 nitrogen and oxygen atoms in total. The van der Waals surface area contributed by atoms with Gasteiger partial charge >= 0.3 is 0 Å². The molecule has 116 valence electrons. The second-order valence-electron chi connectivity index (χ2n) is 4.66. The van der Waals surface area contributed by atoms with Crippen LogP contribution >= 0.6 is 11.8 Å². The van der Waals surface area contributed by atoms with Crippen molar-refractivity contribution in [3.05, 3.63) is 54.1 Å². The third kappa shape index (κ3) is 5.33. The molecule has 0 aromatic heterocycles. The first-order valence-corrected chi connectivity index (χ1v) is 7.96. The van der Waals surface area contributed by atoms with Crippen LogP contribution in [0.5, 0.6) is 11.5 Å². The Bertz CT molecular complexity index is 627. The van der Waals surface area contributed by atoms with Crippen LogP contribution in [0.25, 0.3) is 0 Å². The van der Waals surface area contributed by atoms with Gasteiger partial charge in [-0.3, -0.25) is 0 Å². The van der Waals surface area contributed by atoms with Crippen molar-refractivity contribution in [2.45, 2.75) is 6.92 Å². The molecule has 22 heavy (non-hydrogen) atoms. The summed E-state index contributed by atoms with van der Waals surface area (Å²) in [6.45, 7) is 2.64. The summed E-state index contributed by atoms with van der Waals surface area (Å²) < 4.78 is 10.8. The van der Waals surface area contributed by atoms with Gasteiger partial charge in [0.2, 0.25) is 0 Å². The Morgan fingerprint density at radius 2 is 1.91 bits per heavy atom. The van der Waals surface area contributed by atoms with E-state index in [9.17, 15) is 0 Å². The summed E-state index contributed by atoms with van der Waals surface area (Å²) in [4.78, 5) is 4.35. The van der Waals surface area contributed by atoms with Crippen LogP contribution in [-0.2, 0) is 0 Å². The first kappa shape index (κ1) is 16.2. The van der Waals surface area contributed by atoms with Gasteiger partial charge in [0.05, 0.1) is 19.4 Å². The molecule has 5 heteroatoms. The predicted octanol–water partition coefficient (Wildman–Crippen LogP) is 3.76. The topological polar surface area (TPSA) is 56.8 Å². The fourth-order valence-electron chi connectivity index (χ4n) is 1.78. The van der Waals surface area contributed by atoms with Crippen molar-refractivity contribution < 1.29 is 9.47 Å². The SMILES string of the molecule is COc1cccc(N=C(N)SCCOc2ccc(C)cc2)c1. The molecule has 0 saturated carbocycles. The number of nitrogens with zero attached hydrogens (tertiary/aromatic N) is 1. The average Bonchev–Trinajstić information content (AvgIpc) is 2.53. The van der Waals surface area contributed by atoms with Crippen LogP contribution in [0.4, 0.5) is 5.69 Å². The molecule has 2 rings (SSSR count). The first-order chi connectivity index (χ1) is 10.7. The zero-order valence-electron chi connectivity index (χ0n) is 12.8. The Hall–Kier alpha value is -2.14. The summed E-state index contributed by atoms with van der Waals surface area (Å²) in [6.07, 6.45) is 0. The highest BCUT2D eigenvalue weighted by Crippen LogP contribution is 2.20. The van der Waals surface area contributed by atoms with Gasteiger partial charge in [-0.2, -0.15) is 0 Å². The molecule has 0 aliphatic carbocycles. The van der Waals surface area contributed by atoms with Crippen LogP contribution in [-0.4, -0.2) is 24.6 Å². The lowest BCUT2D eigenvalue weighted by Crippen LogP contribution is -2.10. The van der Waals surface area contributed by atoms with Gasteiger partial charge in [-0.25, -0.2) is 4.99 Å². The Morgan fingerprint density at radius 1 is 1.14 bits per heavy atom. The third-order valence-electron chi connectivity index (χ3n) is 2.92. The lowest BCUT2D eigenvalue weighted by atomic mass is 10.2. The van der Waals surface area contributed by atoms with Crippen LogP contribution in [0, 0.1) is 6.92 Å². The van der Waals surface area contributed by atoms with E-state index in [1.165, 1.54) is 17.3 Å². The summed E-state index contributed by atoms with van der Waals surface area (Å²) in [5.74, 6) is 2.38. The number of benzene rings is 2. The van der Waals surface area contributed by atoms with Crippen LogP contribution < -0.4 is 15.2 Å². The molecule has 0 spiro atoms. The number of hydrogen-bond acceptors (Lipinski definition) is 4. The summed E-state index contributed by atoms with van der Waals surface area (Å²) in [6, 6.07) is 15.5. The van der Waals surface area contributed by atoms with E-state index in [-0.39, 0.29) is 0 Å². The maximum absolute atomic E-state index is 5.91. The zero-order chi connectivity index (χ0) is 15.8. The molecular formula is C17H20N2O2S. The number of aryl methyl sites for hydroxylation is 1. The van der Waals surface area contributed by atoms with E-state index in [0.29, 0.717) is 11.8 Å². The highest BCUT2D eigenvalue weighted by molar-refractivity contribution is 8.13. The number of nitrogens with two attached hydrogens (primary N) is 1. The Labute approximate surface area is 135 Å². The first-order valence-electron chi connectivity index (χ1n) is 6.98. The van der Waals surface area contributed by atoms with Crippen molar-refractivity contribution in [1.29, 1.82) is 0 Å². The monoisotopic (exact) mass is 316 g/mol. The van der Waals surface area contributed by atoms with E-state index in [2.05, 4.69) is 11.9 Å². The predicted molar refractivity (Wildman–Crippen MR) is 93.4 cm³/mol. The summed E-state index contributed by atoms with van der Waals surface area (Å²) in [5, 5.41) is 0.515. The number of hydrogen-bond donors (Lipinski definition) is 1. The second-order valence-corrected chi connectivity index (χ2v) is 5.78. The lowest BCUT2D eigenvalue weighted by molar-refractivity contribution is 0.344. The van der Waals surface area contributed by atoms with Crippen molar-refractivity contribution in [2.75, 3.05) is 19.5 Å². The summed E-state index contributed by atoms with van der Waals surface area (Å²) in [5.41, 5.74) is 7.91. The minimum absolute atomic E-state index is 0.515. The number of aliphatic imine (C=N–C) groups is 1. The van der Waals surface area contributed by atoms with E-state index in [4.69, 9.17) is 15.2 Å². The van der Waals surface area contributed by atoms with E-state index in [1.54, 1.807) is 7.11 Å². The van der Waals surface area contributed by atoms with Crippen molar-refractivity contribution in [2.24, 2.45) is 10.7 Å². The number of thioether (sulfide) groups is 1. The minimum atomic E-state index is 0.515. The summed E-state index contributed by atoms with van der Waals surface area (Å²) >= 11 is 1.47. The fraction of sp³-hybridized carbons (Fsp3) is 0.235. The molecule has 2 N–H and O–H groups in total. The van der Waals surface area contributed by atoms with E-state index in [1.807, 2.05) is 48.5 Å². The van der Waals surface area contributed by atoms with Crippen molar-refractivity contribution in [3.63, 3.8) is 0 Å². The van der Waals surface area contributed by atoms with Crippen molar-refractivity contribution in [1.82, 2.24) is 0 Å². The van der Waals surface area contributed by atoms with Crippen molar-refractivity contribution >= 4 is 22.6 Å². The largest absolute Gasteiger partial charge is 0.497 e. The van der Waals surface area contributed by atoms with Gasteiger partial charge in [0.1, 0.15) is 11.5 Å². The zero-order valence-corrected chi connectivity index (χ0v) is 13.6. The lowest BCUT2D eigenvalue weighted by Gasteiger charge is -2.06. The number of methoxy groups -OCH3 is 1. The average molecular weight is 316 g/mol. The molecule has 0 heterocycles. The summed E-state index contributed by atoms with van der Waals surface area (Å²) in [7, 11) is 1.63. The van der Waals surface area contributed by atoms with Gasteiger partial charge in [-0.05, 0) is 31.2 Å². The van der Waals surface area contributed by atoms with Gasteiger partial charge in [-0.1, -0.05) is 35.5 Å². The van der Waals surface area contributed by atoms with E-state index in [0.717, 1.165) is 22.9 Å². The highest BCUT2D eigenvalue weighted by Gasteiger charge is 1.99. The standard InChI is InChI=1S/C17H20N2O2S/c1-13-6-8-15(9-7-13)21-10-11-22-17(18)19-14-4-3-5-16(12-14)20-2/h3-9,12H,10-11H2,1-2H3,(H2,18,19). The van der Waals surface area contributed by atoms with Gasteiger partial charge in [-0.15, -0.1) is 0 Å². The van der Waals surface area contributed by atoms with Crippen LogP contribution in [0.3, 0.4) is 0 Å². The second kappa shape index (κ2) is 8.34. The molecule has 0 aliphatic rings. The number of rotatable bonds is 6. The van der Waals surface area contributed by atoms with E-state index >= 15 is 0 Å². The molecule has 2 aromatic rings. The van der Waals surface area contributed by atoms with Crippen LogP contribution in [0.1, 0.15) is 5.56 Å². The van der Waals surface area contributed by atoms with Gasteiger partial charge < -0.3 is 15.2 Å². The Morgan fingerprint density at radius 3 is 2.64 bits per heavy atom. The maximum Gasteiger partial charge on any atom is 0.159 e. The molecule has 0 bridgehead atoms. The van der Waals surface area contributed by atoms with Gasteiger partial charge in [0, 0.05) is 11.8 Å². The molecular weight excluding hydrogens is 296 g/mol.